The summed E-state index contributed by atoms with van der Waals surface area (Å²) in [5, 5.41) is -0.111. The lowest BCUT2D eigenvalue weighted by atomic mass is 9.51. The number of piperidine rings is 1. The number of rotatable bonds is 1. The summed E-state index contributed by atoms with van der Waals surface area (Å²) >= 11 is 6.74. The van der Waals surface area contributed by atoms with E-state index in [2.05, 4.69) is 18.0 Å². The van der Waals surface area contributed by atoms with Gasteiger partial charge in [0.05, 0.1) is 12.5 Å². The van der Waals surface area contributed by atoms with Gasteiger partial charge in [-0.1, -0.05) is 6.07 Å². The Hall–Kier alpha value is -1.26. The number of Topliss-reactive ketones (excluding diaryl/α,β-unsaturated/α-hetero) is 1. The Morgan fingerprint density at radius 1 is 1.39 bits per heavy atom. The molecule has 122 valence electrons. The molecule has 4 aliphatic rings. The van der Waals surface area contributed by atoms with Crippen LogP contribution >= 0.6 is 11.6 Å². The zero-order valence-electron chi connectivity index (χ0n) is 13.3. The number of nitrogens with zero attached hydrogens (tertiary/aromatic N) is 1. The number of likely N-dealkylation sites (tertiary alicyclic amines) is 1. The summed E-state index contributed by atoms with van der Waals surface area (Å²) in [7, 11) is 3.84. The summed E-state index contributed by atoms with van der Waals surface area (Å²) in [6, 6.07) is 4.51. The quantitative estimate of drug-likeness (QED) is 0.738. The smallest absolute Gasteiger partial charge is 0.175 e. The molecule has 4 nitrogen and oxygen atoms in total. The van der Waals surface area contributed by atoms with Crippen molar-refractivity contribution in [2.24, 2.45) is 5.92 Å². The summed E-state index contributed by atoms with van der Waals surface area (Å²) in [5.74, 6) is 1.95. The molecule has 0 radical (unpaired) electrons. The van der Waals surface area contributed by atoms with Gasteiger partial charge in [-0.2, -0.15) is 0 Å². The van der Waals surface area contributed by atoms with Crippen LogP contribution in [0.25, 0.3) is 0 Å². The Morgan fingerprint density at radius 2 is 2.22 bits per heavy atom. The molecule has 2 fully saturated rings. The van der Waals surface area contributed by atoms with Crippen molar-refractivity contribution in [3.63, 3.8) is 0 Å². The molecule has 2 aliphatic carbocycles. The van der Waals surface area contributed by atoms with Gasteiger partial charge in [0.25, 0.3) is 0 Å². The molecule has 2 aliphatic heterocycles. The Bertz CT molecular complexity index is 720. The van der Waals surface area contributed by atoms with E-state index >= 15 is 0 Å². The van der Waals surface area contributed by atoms with Crippen LogP contribution in [0.3, 0.4) is 0 Å². The first-order valence-electron chi connectivity index (χ1n) is 8.32. The van der Waals surface area contributed by atoms with Crippen molar-refractivity contribution in [1.82, 2.24) is 4.90 Å². The molecule has 5 atom stereocenters. The fourth-order valence-electron chi connectivity index (χ4n) is 5.68. The van der Waals surface area contributed by atoms with Crippen LogP contribution in [0.15, 0.2) is 12.1 Å². The van der Waals surface area contributed by atoms with Crippen LogP contribution in [0, 0.1) is 5.92 Å². The summed E-state index contributed by atoms with van der Waals surface area (Å²) in [6.07, 6.45) is 1.93. The number of benzene rings is 1. The van der Waals surface area contributed by atoms with Gasteiger partial charge in [-0.05, 0) is 38.1 Å². The number of ketones is 1. The fourth-order valence-corrected chi connectivity index (χ4v) is 6.22. The molecule has 1 unspecified atom stereocenters. The Labute approximate surface area is 140 Å². The Kier molecular flexibility index (Phi) is 2.71. The highest BCUT2D eigenvalue weighted by molar-refractivity contribution is 6.23. The van der Waals surface area contributed by atoms with Crippen LogP contribution in [0.4, 0.5) is 0 Å². The number of methoxy groups -OCH3 is 1. The minimum atomic E-state index is -0.385. The van der Waals surface area contributed by atoms with Crippen LogP contribution in [-0.2, 0) is 16.6 Å². The van der Waals surface area contributed by atoms with Gasteiger partial charge in [0.2, 0.25) is 0 Å². The number of carbonyl (C=O) groups excluding carboxylic acids is 1. The maximum atomic E-state index is 12.7. The van der Waals surface area contributed by atoms with Gasteiger partial charge in [-0.3, -0.25) is 4.79 Å². The lowest BCUT2D eigenvalue weighted by molar-refractivity contribution is -0.137. The molecule has 1 spiro atoms. The highest BCUT2D eigenvalue weighted by Crippen LogP contribution is 2.63. The normalized spacial score (nSPS) is 40.6. The van der Waals surface area contributed by atoms with Crippen molar-refractivity contribution in [2.75, 3.05) is 20.7 Å². The average Bonchev–Trinajstić information content (AvgIpc) is 2.88. The predicted octanol–water partition coefficient (Wildman–Crippen LogP) is 2.15. The lowest BCUT2D eigenvalue weighted by Crippen LogP contribution is -2.68. The average molecular weight is 334 g/mol. The van der Waals surface area contributed by atoms with Crippen LogP contribution in [0.2, 0.25) is 0 Å². The minimum Gasteiger partial charge on any atom is -0.493 e. The largest absolute Gasteiger partial charge is 0.493 e. The first kappa shape index (κ1) is 14.1. The van der Waals surface area contributed by atoms with Gasteiger partial charge in [0.15, 0.2) is 23.4 Å². The van der Waals surface area contributed by atoms with E-state index in [0.717, 1.165) is 30.9 Å². The molecule has 2 bridgehead atoms. The minimum absolute atomic E-state index is 0.111. The number of hydrogen-bond acceptors (Lipinski definition) is 4. The zero-order valence-corrected chi connectivity index (χ0v) is 14.1. The molecule has 0 aromatic heterocycles. The molecule has 1 aromatic carbocycles. The highest BCUT2D eigenvalue weighted by Gasteiger charge is 2.67. The number of carbonyl (C=O) groups is 1. The van der Waals surface area contributed by atoms with Crippen LogP contribution in [0.5, 0.6) is 11.5 Å². The zero-order chi connectivity index (χ0) is 15.9. The van der Waals surface area contributed by atoms with E-state index in [9.17, 15) is 4.79 Å². The molecule has 1 saturated carbocycles. The molecule has 5 heteroatoms. The summed E-state index contributed by atoms with van der Waals surface area (Å²) < 4.78 is 11.8. The standard InChI is InChI=1S/C18H20ClNO3/c1-20-6-5-18-14-9-3-4-13(22-2)16(14)23-17(18)12(21)8-10(19)15(18)11(20)7-9/h3-4,10-11,15,17H,5-8H2,1-2H3/t10?,11-,15+,17+,18-/m1/s1. The van der Waals surface area contributed by atoms with E-state index in [-0.39, 0.29) is 28.6 Å². The molecule has 0 amide bonds. The van der Waals surface area contributed by atoms with Crippen LogP contribution < -0.4 is 9.47 Å². The van der Waals surface area contributed by atoms with Gasteiger partial charge in [0.1, 0.15) is 0 Å². The SMILES string of the molecule is COc1ccc2c3c1O[C@H]1C(=O)CC(Cl)[C@H]4[C@@H](C2)N(C)CC[C@]314. The molecule has 1 aromatic rings. The summed E-state index contributed by atoms with van der Waals surface area (Å²) in [6.45, 7) is 0.980. The number of halogens is 1. The van der Waals surface area contributed by atoms with Crippen molar-refractivity contribution >= 4 is 17.4 Å². The summed E-state index contributed by atoms with van der Waals surface area (Å²) in [4.78, 5) is 15.2. The first-order valence-corrected chi connectivity index (χ1v) is 8.75. The lowest BCUT2D eigenvalue weighted by Gasteiger charge is -2.58. The second kappa shape index (κ2) is 4.42. The predicted molar refractivity (Wildman–Crippen MR) is 86.6 cm³/mol. The first-order chi connectivity index (χ1) is 11.1. The number of hydrogen-bond donors (Lipinski definition) is 0. The third kappa shape index (κ3) is 1.50. The van der Waals surface area contributed by atoms with Gasteiger partial charge >= 0.3 is 0 Å². The maximum Gasteiger partial charge on any atom is 0.175 e. The molecule has 1 saturated heterocycles. The van der Waals surface area contributed by atoms with E-state index < -0.39 is 0 Å². The molecule has 0 N–H and O–H groups in total. The Balaban J connectivity index is 1.82. The fraction of sp³-hybridized carbons (Fsp3) is 0.611. The van der Waals surface area contributed by atoms with Gasteiger partial charge in [0, 0.05) is 29.3 Å². The van der Waals surface area contributed by atoms with Gasteiger partial charge < -0.3 is 14.4 Å². The number of likely N-dealkylation sites (N-methyl/N-ethyl adjacent to an activating group) is 1. The van der Waals surface area contributed by atoms with Crippen LogP contribution in [-0.4, -0.2) is 48.9 Å². The molecular formula is C18H20ClNO3. The number of ether oxygens (including phenoxy) is 2. The van der Waals surface area contributed by atoms with E-state index in [1.807, 2.05) is 6.07 Å². The molecule has 2 heterocycles. The monoisotopic (exact) mass is 333 g/mol. The molecular weight excluding hydrogens is 314 g/mol. The molecule has 23 heavy (non-hydrogen) atoms. The van der Waals surface area contributed by atoms with Crippen molar-refractivity contribution < 1.29 is 14.3 Å². The van der Waals surface area contributed by atoms with Crippen LogP contribution in [0.1, 0.15) is 24.0 Å². The molecule has 5 rings (SSSR count). The Morgan fingerprint density at radius 3 is 3.00 bits per heavy atom. The van der Waals surface area contributed by atoms with Crippen molar-refractivity contribution in [2.45, 2.75) is 42.2 Å². The summed E-state index contributed by atoms with van der Waals surface area (Å²) in [5.41, 5.74) is 2.26. The van der Waals surface area contributed by atoms with Crippen molar-refractivity contribution in [3.8, 4) is 11.5 Å². The van der Waals surface area contributed by atoms with Crippen molar-refractivity contribution in [1.29, 1.82) is 0 Å². The highest BCUT2D eigenvalue weighted by atomic mass is 35.5. The third-order valence-electron chi connectivity index (χ3n) is 6.56. The second-order valence-corrected chi connectivity index (χ2v) is 7.94. The van der Waals surface area contributed by atoms with E-state index in [4.69, 9.17) is 21.1 Å². The topological polar surface area (TPSA) is 38.8 Å². The third-order valence-corrected chi connectivity index (χ3v) is 6.98. The second-order valence-electron chi connectivity index (χ2n) is 7.38. The number of alkyl halides is 1. The maximum absolute atomic E-state index is 12.7. The van der Waals surface area contributed by atoms with Gasteiger partial charge in [-0.15, -0.1) is 11.6 Å². The van der Waals surface area contributed by atoms with Gasteiger partial charge in [-0.25, -0.2) is 0 Å². The van der Waals surface area contributed by atoms with E-state index in [1.165, 1.54) is 11.1 Å². The van der Waals surface area contributed by atoms with E-state index in [0.29, 0.717) is 12.5 Å². The van der Waals surface area contributed by atoms with Crippen molar-refractivity contribution in [3.05, 3.63) is 23.3 Å². The van der Waals surface area contributed by atoms with E-state index in [1.54, 1.807) is 7.11 Å².